The van der Waals surface area contributed by atoms with Crippen molar-refractivity contribution in [1.82, 2.24) is 31.9 Å². The van der Waals surface area contributed by atoms with Gasteiger partial charge in [-0.1, -0.05) is 6.42 Å². The third-order valence-electron chi connectivity index (χ3n) is 7.71. The van der Waals surface area contributed by atoms with E-state index in [2.05, 4.69) is 67.1 Å². The van der Waals surface area contributed by atoms with Crippen molar-refractivity contribution in [3.63, 3.8) is 0 Å². The standard InChI is InChI=1S/C30H58N14O10S2/c31-8-2-1-5-15(32)22(47)41-18(11-45)25(50)43-21(14-56)27(52)44-20(13-55)26(51)42-19(12-46)24(49)39-16(6-3-9-37-29(33)34)23(48)40-17(28(53)54)7-4-10-38-30(35)36/h15-21,45-46,55-56H,1-14,31-32H2,(H,39,49)(H,40,48)(H,41,47)(H,42,51)(H,43,50)(H,44,52)(H,53,54)(H4,33,34,37)(H4,35,36,38)/t15-,16-,17-,18-,19-,20-,21-/m0/s1. The number of hydrogen-bond acceptors (Lipinski definition) is 15. The second-order valence-corrected chi connectivity index (χ2v) is 13.0. The zero-order valence-corrected chi connectivity index (χ0v) is 32.7. The van der Waals surface area contributed by atoms with E-state index in [0.29, 0.717) is 19.4 Å². The minimum absolute atomic E-state index is 0.0408. The lowest BCUT2D eigenvalue weighted by atomic mass is 10.1. The van der Waals surface area contributed by atoms with Gasteiger partial charge in [0.2, 0.25) is 35.4 Å². The third kappa shape index (κ3) is 20.9. The van der Waals surface area contributed by atoms with Crippen LogP contribution in [-0.2, 0) is 33.6 Å². The molecule has 0 heterocycles. The van der Waals surface area contributed by atoms with Crippen LogP contribution in [0.25, 0.3) is 0 Å². The van der Waals surface area contributed by atoms with E-state index in [0.717, 1.165) is 0 Å². The highest BCUT2D eigenvalue weighted by atomic mass is 32.1. The van der Waals surface area contributed by atoms with Crippen LogP contribution in [0.4, 0.5) is 0 Å². The van der Waals surface area contributed by atoms with E-state index in [1.54, 1.807) is 0 Å². The van der Waals surface area contributed by atoms with Crippen molar-refractivity contribution in [2.75, 3.05) is 44.4 Å². The zero-order valence-electron chi connectivity index (χ0n) is 30.9. The summed E-state index contributed by atoms with van der Waals surface area (Å²) in [4.78, 5) is 97.3. The Balaban J connectivity index is 5.70. The number of carboxylic acid groups (broad SMARTS) is 1. The fraction of sp³-hybridized carbons (Fsp3) is 0.700. The van der Waals surface area contributed by atoms with Crippen LogP contribution in [0.15, 0.2) is 9.98 Å². The summed E-state index contributed by atoms with van der Waals surface area (Å²) in [6.45, 7) is -1.27. The number of aliphatic carboxylic acids is 1. The molecule has 7 atom stereocenters. The Labute approximate surface area is 334 Å². The molecule has 0 aliphatic carbocycles. The summed E-state index contributed by atoms with van der Waals surface area (Å²) in [6.07, 6.45) is 1.63. The van der Waals surface area contributed by atoms with Crippen LogP contribution in [-0.4, -0.2) is 155 Å². The van der Waals surface area contributed by atoms with Crippen molar-refractivity contribution in [2.45, 2.75) is 87.2 Å². The summed E-state index contributed by atoms with van der Waals surface area (Å²) in [5.41, 5.74) is 32.5. The molecule has 0 spiro atoms. The molecule has 26 heteroatoms. The molecule has 320 valence electrons. The van der Waals surface area contributed by atoms with Crippen LogP contribution in [0.5, 0.6) is 0 Å². The number of nitrogens with two attached hydrogens (primary N) is 6. The smallest absolute Gasteiger partial charge is 0.326 e. The maximum absolute atomic E-state index is 13.2. The number of aliphatic hydroxyl groups excluding tert-OH is 2. The Hall–Kier alpha value is -4.63. The molecule has 56 heavy (non-hydrogen) atoms. The monoisotopic (exact) mass is 838 g/mol. The molecule has 0 rings (SSSR count). The molecule has 0 bridgehead atoms. The van der Waals surface area contributed by atoms with Gasteiger partial charge in [0.25, 0.3) is 0 Å². The Bertz CT molecular complexity index is 1350. The van der Waals surface area contributed by atoms with Crippen molar-refractivity contribution < 1.29 is 48.9 Å². The Kier molecular flexibility index (Phi) is 26.4. The Morgan fingerprint density at radius 1 is 0.518 bits per heavy atom. The van der Waals surface area contributed by atoms with E-state index in [4.69, 9.17) is 34.4 Å². The summed E-state index contributed by atoms with van der Waals surface area (Å²) in [6, 6.07) is -9.75. The van der Waals surface area contributed by atoms with Gasteiger partial charge < -0.3 is 81.6 Å². The van der Waals surface area contributed by atoms with Gasteiger partial charge in [-0.05, 0) is 45.1 Å². The largest absolute Gasteiger partial charge is 0.480 e. The molecule has 21 N–H and O–H groups in total. The van der Waals surface area contributed by atoms with Crippen LogP contribution in [0.3, 0.4) is 0 Å². The number of aliphatic imine (C=N–C) groups is 2. The molecular formula is C30H58N14O10S2. The summed E-state index contributed by atoms with van der Waals surface area (Å²) < 4.78 is 0. The van der Waals surface area contributed by atoms with E-state index >= 15 is 0 Å². The second-order valence-electron chi connectivity index (χ2n) is 12.2. The Morgan fingerprint density at radius 3 is 1.27 bits per heavy atom. The average molecular weight is 839 g/mol. The molecule has 0 saturated heterocycles. The van der Waals surface area contributed by atoms with Crippen LogP contribution in [0, 0.1) is 0 Å². The molecule has 24 nitrogen and oxygen atoms in total. The molecule has 6 amide bonds. The second kappa shape index (κ2) is 28.7. The van der Waals surface area contributed by atoms with Crippen LogP contribution >= 0.6 is 25.3 Å². The van der Waals surface area contributed by atoms with Gasteiger partial charge in [0.1, 0.15) is 36.3 Å². The minimum Gasteiger partial charge on any atom is -0.480 e. The van der Waals surface area contributed by atoms with E-state index in [-0.39, 0.29) is 68.6 Å². The van der Waals surface area contributed by atoms with Crippen LogP contribution in [0.1, 0.15) is 44.9 Å². The summed E-state index contributed by atoms with van der Waals surface area (Å²) in [5, 5.41) is 43.2. The van der Waals surface area contributed by atoms with Crippen molar-refractivity contribution in [1.29, 1.82) is 0 Å². The minimum atomic E-state index is -1.68. The molecule has 0 aromatic heterocycles. The molecule has 0 unspecified atom stereocenters. The number of hydrogen-bond donors (Lipinski definition) is 17. The SMILES string of the molecule is NCCCC[C@H](N)C(=O)N[C@@H](CO)C(=O)N[C@@H](CS)C(=O)N[C@@H](CS)C(=O)N[C@@H](CO)C(=O)N[C@@H](CCCN=C(N)N)C(=O)N[C@@H](CCCN=C(N)N)C(=O)O. The number of amides is 6. The van der Waals surface area contributed by atoms with Gasteiger partial charge in [0.05, 0.1) is 19.3 Å². The summed E-state index contributed by atoms with van der Waals surface area (Å²) in [7, 11) is 0. The summed E-state index contributed by atoms with van der Waals surface area (Å²) in [5.74, 6) is -7.99. The lowest BCUT2D eigenvalue weighted by Crippen LogP contribution is -2.61. The van der Waals surface area contributed by atoms with Gasteiger partial charge in [-0.3, -0.25) is 38.8 Å². The number of aliphatic hydroxyl groups is 2. The number of unbranched alkanes of at least 4 members (excludes halogenated alkanes) is 1. The number of guanidine groups is 2. The first-order valence-electron chi connectivity index (χ1n) is 17.5. The van der Waals surface area contributed by atoms with Crippen molar-refractivity contribution >= 4 is 78.6 Å². The highest BCUT2D eigenvalue weighted by Gasteiger charge is 2.32. The molecule has 0 aliphatic rings. The number of nitrogens with one attached hydrogen (secondary N) is 6. The number of rotatable bonds is 29. The molecule has 0 radical (unpaired) electrons. The first kappa shape index (κ1) is 51.4. The van der Waals surface area contributed by atoms with Crippen molar-refractivity contribution in [3.8, 4) is 0 Å². The van der Waals surface area contributed by atoms with E-state index in [1.807, 2.05) is 0 Å². The molecule has 0 fully saturated rings. The number of carboxylic acids is 1. The molecular weight excluding hydrogens is 781 g/mol. The predicted molar refractivity (Wildman–Crippen MR) is 212 cm³/mol. The van der Waals surface area contributed by atoms with Gasteiger partial charge in [-0.25, -0.2) is 4.79 Å². The maximum Gasteiger partial charge on any atom is 0.326 e. The Morgan fingerprint density at radius 2 is 0.875 bits per heavy atom. The fourth-order valence-corrected chi connectivity index (χ4v) is 5.10. The maximum atomic E-state index is 13.2. The molecule has 0 aromatic carbocycles. The van der Waals surface area contributed by atoms with Gasteiger partial charge in [-0.2, -0.15) is 25.3 Å². The highest BCUT2D eigenvalue weighted by Crippen LogP contribution is 2.05. The average Bonchev–Trinajstić information content (AvgIpc) is 3.15. The van der Waals surface area contributed by atoms with E-state index < -0.39 is 96.9 Å². The number of carbonyl (C=O) groups is 7. The molecule has 0 saturated carbocycles. The summed E-state index contributed by atoms with van der Waals surface area (Å²) >= 11 is 8.14. The van der Waals surface area contributed by atoms with Crippen LogP contribution < -0.4 is 66.3 Å². The lowest BCUT2D eigenvalue weighted by molar-refractivity contribution is -0.142. The van der Waals surface area contributed by atoms with Gasteiger partial charge in [-0.15, -0.1) is 0 Å². The quantitative estimate of drug-likeness (QED) is 0.0144. The molecule has 0 aliphatic heterocycles. The molecule has 0 aromatic rings. The fourth-order valence-electron chi connectivity index (χ4n) is 4.59. The first-order valence-corrected chi connectivity index (χ1v) is 18.8. The van der Waals surface area contributed by atoms with Gasteiger partial charge in [0, 0.05) is 24.6 Å². The van der Waals surface area contributed by atoms with Crippen LogP contribution in [0.2, 0.25) is 0 Å². The van der Waals surface area contributed by atoms with E-state index in [1.165, 1.54) is 0 Å². The number of carbonyl (C=O) groups excluding carboxylic acids is 6. The highest BCUT2D eigenvalue weighted by molar-refractivity contribution is 7.80. The third-order valence-corrected chi connectivity index (χ3v) is 8.44. The van der Waals surface area contributed by atoms with Crippen molar-refractivity contribution in [3.05, 3.63) is 0 Å². The van der Waals surface area contributed by atoms with Gasteiger partial charge >= 0.3 is 5.97 Å². The van der Waals surface area contributed by atoms with E-state index in [9.17, 15) is 48.9 Å². The normalized spacial score (nSPS) is 14.5. The van der Waals surface area contributed by atoms with Crippen molar-refractivity contribution in [2.24, 2.45) is 44.4 Å². The van der Waals surface area contributed by atoms with Gasteiger partial charge in [0.15, 0.2) is 11.9 Å². The number of thiol groups is 2. The number of nitrogens with zero attached hydrogens (tertiary/aromatic N) is 2. The topological polar surface area (TPSA) is 433 Å². The first-order chi connectivity index (χ1) is 26.4. The lowest BCUT2D eigenvalue weighted by Gasteiger charge is -2.26. The predicted octanol–water partition coefficient (Wildman–Crippen LogP) is -7.61. The zero-order chi connectivity index (χ0) is 42.8.